The van der Waals surface area contributed by atoms with Gasteiger partial charge in [0.2, 0.25) is 0 Å². The summed E-state index contributed by atoms with van der Waals surface area (Å²) in [6, 6.07) is 40.6. The quantitative estimate of drug-likeness (QED) is 0.181. The summed E-state index contributed by atoms with van der Waals surface area (Å²) >= 11 is 0. The van der Waals surface area contributed by atoms with E-state index >= 15 is 0 Å². The maximum absolute atomic E-state index is 2.70. The van der Waals surface area contributed by atoms with E-state index in [-0.39, 0.29) is 12.1 Å². The van der Waals surface area contributed by atoms with Gasteiger partial charge in [-0.05, 0) is 138 Å². The third-order valence-electron chi connectivity index (χ3n) is 13.4. The lowest BCUT2D eigenvalue weighted by Gasteiger charge is -2.64. The normalized spacial score (nSPS) is 26.8. The van der Waals surface area contributed by atoms with E-state index < -0.39 is 0 Å². The minimum Gasteiger partial charge on any atom is -0.311 e. The van der Waals surface area contributed by atoms with Crippen molar-refractivity contribution in [3.8, 4) is 0 Å². The van der Waals surface area contributed by atoms with Gasteiger partial charge in [-0.15, -0.1) is 0 Å². The van der Waals surface area contributed by atoms with Crippen LogP contribution in [-0.2, 0) is 5.41 Å². The van der Waals surface area contributed by atoms with Crippen LogP contribution in [0.15, 0.2) is 103 Å². The summed E-state index contributed by atoms with van der Waals surface area (Å²) in [7, 11) is 0. The monoisotopic (exact) mass is 608 g/mol. The Morgan fingerprint density at radius 2 is 1.30 bits per heavy atom. The molecule has 0 atom stereocenters. The lowest BCUT2D eigenvalue weighted by molar-refractivity contribution is -0.0419. The number of hydrogen-bond acceptors (Lipinski definition) is 2. The Morgan fingerprint density at radius 3 is 2.09 bits per heavy atom. The highest BCUT2D eigenvalue weighted by molar-refractivity contribution is 7.00. The number of aryl methyl sites for hydroxylation is 1. The Hall–Kier alpha value is -4.24. The molecule has 5 aromatic carbocycles. The molecule has 0 radical (unpaired) electrons. The van der Waals surface area contributed by atoms with Crippen LogP contribution in [0.2, 0.25) is 0 Å². The zero-order chi connectivity index (χ0) is 31.2. The van der Waals surface area contributed by atoms with Gasteiger partial charge in [0.1, 0.15) is 0 Å². The van der Waals surface area contributed by atoms with Gasteiger partial charge in [0.15, 0.2) is 0 Å². The third kappa shape index (κ3) is 3.29. The van der Waals surface area contributed by atoms with Crippen molar-refractivity contribution >= 4 is 57.2 Å². The summed E-state index contributed by atoms with van der Waals surface area (Å²) in [5.74, 6) is 3.83. The van der Waals surface area contributed by atoms with Crippen LogP contribution < -0.4 is 26.2 Å². The molecule has 2 nitrogen and oxygen atoms in total. The van der Waals surface area contributed by atoms with E-state index in [1.54, 1.807) is 11.1 Å². The number of nitrogens with zero attached hydrogens (tertiary/aromatic N) is 2. The average Bonchev–Trinajstić information content (AvgIpc) is 3.08. The van der Waals surface area contributed by atoms with Crippen molar-refractivity contribution in [3.05, 3.63) is 125 Å². The Morgan fingerprint density at radius 1 is 0.617 bits per heavy atom. The zero-order valence-corrected chi connectivity index (χ0v) is 27.7. The highest BCUT2D eigenvalue weighted by atomic mass is 15.2. The van der Waals surface area contributed by atoms with Crippen molar-refractivity contribution in [2.75, 3.05) is 9.80 Å². The predicted molar refractivity (Wildman–Crippen MR) is 197 cm³/mol. The summed E-state index contributed by atoms with van der Waals surface area (Å²) in [5, 5.41) is 0. The molecule has 4 aliphatic carbocycles. The molecule has 0 N–H and O–H groups in total. The number of benzene rings is 5. The smallest absolute Gasteiger partial charge is 0.252 e. The highest BCUT2D eigenvalue weighted by Gasteiger charge is 2.62. The Bertz CT molecular complexity index is 2120. The van der Waals surface area contributed by atoms with Crippen LogP contribution in [0.25, 0.3) is 0 Å². The summed E-state index contributed by atoms with van der Waals surface area (Å²) < 4.78 is 0. The van der Waals surface area contributed by atoms with Crippen molar-refractivity contribution in [3.63, 3.8) is 0 Å². The molecule has 0 amide bonds. The lowest BCUT2D eigenvalue weighted by atomic mass is 9.32. The Labute approximate surface area is 279 Å². The van der Waals surface area contributed by atoms with Crippen molar-refractivity contribution in [2.45, 2.75) is 64.2 Å². The first-order valence-corrected chi connectivity index (χ1v) is 18.2. The minimum absolute atomic E-state index is 0.119. The molecule has 0 unspecified atom stereocenters. The van der Waals surface area contributed by atoms with Crippen molar-refractivity contribution in [1.29, 1.82) is 0 Å². The van der Waals surface area contributed by atoms with Gasteiger partial charge < -0.3 is 9.80 Å². The first-order valence-electron chi connectivity index (χ1n) is 18.2. The second-order valence-corrected chi connectivity index (χ2v) is 16.1. The first-order chi connectivity index (χ1) is 23.0. The van der Waals surface area contributed by atoms with Gasteiger partial charge in [0.25, 0.3) is 6.71 Å². The van der Waals surface area contributed by atoms with Gasteiger partial charge in [-0.25, -0.2) is 0 Å². The lowest BCUT2D eigenvalue weighted by Crippen LogP contribution is -2.64. The van der Waals surface area contributed by atoms with E-state index in [9.17, 15) is 0 Å². The predicted octanol–water partition coefficient (Wildman–Crippen LogP) is 9.26. The molecule has 3 aliphatic heterocycles. The van der Waals surface area contributed by atoms with E-state index in [1.807, 2.05) is 0 Å². The van der Waals surface area contributed by atoms with E-state index in [0.29, 0.717) is 5.92 Å². The summed E-state index contributed by atoms with van der Waals surface area (Å²) in [6.45, 7) is 7.06. The summed E-state index contributed by atoms with van der Waals surface area (Å²) in [4.78, 5) is 5.26. The molecular weight excluding hydrogens is 567 g/mol. The molecule has 4 fully saturated rings. The van der Waals surface area contributed by atoms with E-state index in [0.717, 1.165) is 23.7 Å². The molecule has 3 heteroatoms. The van der Waals surface area contributed by atoms with Crippen LogP contribution in [0.5, 0.6) is 0 Å². The second kappa shape index (κ2) is 9.22. The second-order valence-electron chi connectivity index (χ2n) is 16.1. The Balaban J connectivity index is 1.22. The van der Waals surface area contributed by atoms with Gasteiger partial charge in [-0.1, -0.05) is 86.1 Å². The van der Waals surface area contributed by atoms with Crippen LogP contribution in [0.4, 0.5) is 34.1 Å². The SMILES string of the molecule is Cc1ccc2c(c1)B1c3cccc4c3N(c3ccccc3C43C4CC5CC(C4)CC3C5)c3cccc(c31)N2c1cccc(C(C)C)c1. The molecule has 12 rings (SSSR count). The molecule has 4 bridgehead atoms. The third-order valence-corrected chi connectivity index (χ3v) is 13.4. The number of anilines is 6. The standard InChI is InChI=1S/C44H41BN2/c1-26(2)30-9-6-10-33(25-30)46-39-18-17-27(3)19-37(39)45-36-13-7-12-35-43(36)47(41-16-8-15-40(46)42(41)45)38-14-5-4-11-34(38)44(35)31-21-28-20-29(23-31)24-32(44)22-28/h4-19,25-26,28-29,31-32H,20-24H2,1-3H3. The van der Waals surface area contributed by atoms with Crippen LogP contribution in [0.1, 0.15) is 74.1 Å². The largest absolute Gasteiger partial charge is 0.311 e. The maximum atomic E-state index is 2.70. The fraction of sp³-hybridized carbons (Fsp3) is 0.318. The molecule has 47 heavy (non-hydrogen) atoms. The van der Waals surface area contributed by atoms with Gasteiger partial charge >= 0.3 is 0 Å². The molecular formula is C44H41BN2. The maximum Gasteiger partial charge on any atom is 0.252 e. The van der Waals surface area contributed by atoms with Gasteiger partial charge in [-0.2, -0.15) is 0 Å². The van der Waals surface area contributed by atoms with Crippen molar-refractivity contribution < 1.29 is 0 Å². The van der Waals surface area contributed by atoms with Crippen LogP contribution in [-0.4, -0.2) is 6.71 Å². The Kier molecular flexibility index (Phi) is 5.26. The van der Waals surface area contributed by atoms with Gasteiger partial charge in [0.05, 0.1) is 5.69 Å². The average molecular weight is 609 g/mol. The highest BCUT2D eigenvalue weighted by Crippen LogP contribution is 2.69. The van der Waals surface area contributed by atoms with Gasteiger partial charge in [0, 0.05) is 33.9 Å². The molecule has 7 aliphatic rings. The van der Waals surface area contributed by atoms with E-state index in [1.165, 1.54) is 93.7 Å². The molecule has 0 saturated heterocycles. The molecule has 1 spiro atoms. The molecule has 3 heterocycles. The first kappa shape index (κ1) is 26.8. The minimum atomic E-state index is 0.119. The van der Waals surface area contributed by atoms with Crippen LogP contribution >= 0.6 is 0 Å². The number of fused-ring (bicyclic) bond motifs is 6. The molecule has 230 valence electrons. The fourth-order valence-electron chi connectivity index (χ4n) is 12.0. The molecule has 5 aromatic rings. The molecule has 0 aromatic heterocycles. The summed E-state index contributed by atoms with van der Waals surface area (Å²) in [6.07, 6.45) is 7.10. The number of para-hydroxylation sites is 2. The zero-order valence-electron chi connectivity index (χ0n) is 27.7. The van der Waals surface area contributed by atoms with Crippen molar-refractivity contribution in [1.82, 2.24) is 0 Å². The van der Waals surface area contributed by atoms with Gasteiger partial charge in [-0.3, -0.25) is 0 Å². The van der Waals surface area contributed by atoms with E-state index in [4.69, 9.17) is 0 Å². The van der Waals surface area contributed by atoms with E-state index in [2.05, 4.69) is 134 Å². The number of hydrogen-bond donors (Lipinski definition) is 0. The topological polar surface area (TPSA) is 6.48 Å². The summed E-state index contributed by atoms with van der Waals surface area (Å²) in [5.41, 5.74) is 18.6. The van der Waals surface area contributed by atoms with Crippen molar-refractivity contribution in [2.24, 2.45) is 23.7 Å². The molecule has 4 saturated carbocycles. The number of rotatable bonds is 2. The van der Waals surface area contributed by atoms with Crippen LogP contribution in [0, 0.1) is 30.6 Å². The fourth-order valence-corrected chi connectivity index (χ4v) is 12.0. The van der Waals surface area contributed by atoms with Crippen LogP contribution in [0.3, 0.4) is 0 Å².